The number of nitrogens with zero attached hydrogens (tertiary/aromatic N) is 4. The summed E-state index contributed by atoms with van der Waals surface area (Å²) in [5, 5.41) is 8.36. The SMILES string of the molecule is CCn1c(-c2cccnc2[C@H](C)OC)c2c3cc(ccc31)-c1csc(n1)C[C@H](NC(=O)[C@@H]1[C@@H](C)[C@H]1CN)C(=O)N1CCC[C@H](N1)C(=O)OCC(C)(C)C2. The number of ether oxygens (including phenoxy) is 2. The second kappa shape index (κ2) is 14.9. The van der Waals surface area contributed by atoms with Crippen molar-refractivity contribution in [1.82, 2.24) is 30.3 Å². The first-order chi connectivity index (χ1) is 25.4. The number of hydrogen-bond donors (Lipinski definition) is 3. The molecule has 2 amide bonds. The fourth-order valence-corrected chi connectivity index (χ4v) is 9.02. The van der Waals surface area contributed by atoms with Crippen molar-refractivity contribution in [3.8, 4) is 22.5 Å². The number of thiazole rings is 1. The Bertz CT molecular complexity index is 2020. The summed E-state index contributed by atoms with van der Waals surface area (Å²) >= 11 is 1.47. The molecule has 3 aliphatic rings. The number of aryl methyl sites for hydroxylation is 1. The van der Waals surface area contributed by atoms with Crippen LogP contribution in [0, 0.1) is 23.2 Å². The van der Waals surface area contributed by atoms with Gasteiger partial charge in [-0.05, 0) is 81.3 Å². The summed E-state index contributed by atoms with van der Waals surface area (Å²) in [6.45, 7) is 12.1. The van der Waals surface area contributed by atoms with Crippen LogP contribution in [0.5, 0.6) is 0 Å². The van der Waals surface area contributed by atoms with Gasteiger partial charge in [0.25, 0.3) is 5.91 Å². The number of benzene rings is 1. The predicted octanol–water partition coefficient (Wildman–Crippen LogP) is 5.04. The van der Waals surface area contributed by atoms with Gasteiger partial charge in [0, 0.05) is 71.6 Å². The van der Waals surface area contributed by atoms with Crippen LogP contribution in [0.2, 0.25) is 0 Å². The molecule has 0 unspecified atom stereocenters. The monoisotopic (exact) mass is 741 g/mol. The number of nitrogens with two attached hydrogens (primary N) is 1. The normalized spacial score (nSPS) is 25.1. The minimum Gasteiger partial charge on any atom is -0.464 e. The molecular formula is C40H51N7O5S. The van der Waals surface area contributed by atoms with E-state index in [9.17, 15) is 14.4 Å². The van der Waals surface area contributed by atoms with Gasteiger partial charge in [0.05, 0.1) is 34.8 Å². The van der Waals surface area contributed by atoms with E-state index < -0.39 is 23.5 Å². The van der Waals surface area contributed by atoms with E-state index in [4.69, 9.17) is 25.2 Å². The Labute approximate surface area is 314 Å². The molecule has 5 heterocycles. The number of hydrazine groups is 1. The number of rotatable bonds is 7. The van der Waals surface area contributed by atoms with Crippen LogP contribution in [0.1, 0.15) is 69.8 Å². The average molecular weight is 742 g/mol. The molecule has 3 aromatic heterocycles. The summed E-state index contributed by atoms with van der Waals surface area (Å²) in [6.07, 6.45) is 3.57. The number of carbonyl (C=O) groups excluding carboxylic acids is 3. The highest BCUT2D eigenvalue weighted by Gasteiger charge is 2.51. The lowest BCUT2D eigenvalue weighted by Gasteiger charge is -2.35. The van der Waals surface area contributed by atoms with E-state index in [0.29, 0.717) is 32.4 Å². The second-order valence-corrected chi connectivity index (χ2v) is 16.5. The first-order valence-corrected chi connectivity index (χ1v) is 19.6. The van der Waals surface area contributed by atoms with E-state index in [1.165, 1.54) is 16.3 Å². The first-order valence-electron chi connectivity index (χ1n) is 18.8. The summed E-state index contributed by atoms with van der Waals surface area (Å²) < 4.78 is 14.2. The molecule has 4 N–H and O–H groups in total. The second-order valence-electron chi connectivity index (χ2n) is 15.6. The number of esters is 1. The Morgan fingerprint density at radius 3 is 2.81 bits per heavy atom. The van der Waals surface area contributed by atoms with Crippen LogP contribution < -0.4 is 16.5 Å². The largest absolute Gasteiger partial charge is 0.464 e. The van der Waals surface area contributed by atoms with Gasteiger partial charge in [0.15, 0.2) is 0 Å². The summed E-state index contributed by atoms with van der Waals surface area (Å²) in [5.74, 6) is -0.845. The molecule has 53 heavy (non-hydrogen) atoms. The van der Waals surface area contributed by atoms with Crippen LogP contribution in [-0.2, 0) is 43.2 Å². The van der Waals surface area contributed by atoms with Crippen LogP contribution in [0.4, 0.5) is 0 Å². The van der Waals surface area contributed by atoms with Crippen LogP contribution in [-0.4, -0.2) is 76.2 Å². The highest BCUT2D eigenvalue weighted by atomic mass is 32.1. The van der Waals surface area contributed by atoms with Crippen molar-refractivity contribution in [2.24, 2.45) is 28.9 Å². The van der Waals surface area contributed by atoms with Crippen LogP contribution in [0.3, 0.4) is 0 Å². The van der Waals surface area contributed by atoms with E-state index in [2.05, 4.69) is 60.3 Å². The molecule has 1 saturated carbocycles. The van der Waals surface area contributed by atoms with Gasteiger partial charge >= 0.3 is 5.97 Å². The quantitative estimate of drug-likeness (QED) is 0.221. The van der Waals surface area contributed by atoms with Gasteiger partial charge in [-0.3, -0.25) is 24.4 Å². The van der Waals surface area contributed by atoms with E-state index in [-0.39, 0.29) is 48.7 Å². The van der Waals surface area contributed by atoms with Crippen LogP contribution >= 0.6 is 11.3 Å². The molecule has 13 heteroatoms. The summed E-state index contributed by atoms with van der Waals surface area (Å²) in [6, 6.07) is 8.96. The number of pyridine rings is 1. The maximum absolute atomic E-state index is 14.1. The van der Waals surface area contributed by atoms with Crippen molar-refractivity contribution in [1.29, 1.82) is 0 Å². The first kappa shape index (κ1) is 37.2. The number of aromatic nitrogens is 3. The fraction of sp³-hybridized carbons (Fsp3) is 0.525. The minimum atomic E-state index is -0.869. The maximum Gasteiger partial charge on any atom is 0.324 e. The van der Waals surface area contributed by atoms with Gasteiger partial charge in [-0.2, -0.15) is 0 Å². The van der Waals surface area contributed by atoms with Crippen molar-refractivity contribution >= 4 is 40.0 Å². The molecular weight excluding hydrogens is 691 g/mol. The molecule has 12 nitrogen and oxygen atoms in total. The molecule has 4 aromatic rings. The topological polar surface area (TPSA) is 154 Å². The van der Waals surface area contributed by atoms with Crippen molar-refractivity contribution in [2.75, 3.05) is 26.8 Å². The Kier molecular flexibility index (Phi) is 10.5. The third-order valence-electron chi connectivity index (χ3n) is 11.3. The van der Waals surface area contributed by atoms with Crippen LogP contribution in [0.15, 0.2) is 41.9 Å². The Hall–Kier alpha value is -4.17. The maximum atomic E-state index is 14.1. The summed E-state index contributed by atoms with van der Waals surface area (Å²) in [4.78, 5) is 51.0. The number of hydrogen-bond acceptors (Lipinski definition) is 10. The van der Waals surface area contributed by atoms with E-state index in [0.717, 1.165) is 56.2 Å². The summed E-state index contributed by atoms with van der Waals surface area (Å²) in [5.41, 5.74) is 15.5. The van der Waals surface area contributed by atoms with Crippen molar-refractivity contribution < 1.29 is 23.9 Å². The van der Waals surface area contributed by atoms with Gasteiger partial charge in [0.2, 0.25) is 5.91 Å². The van der Waals surface area contributed by atoms with E-state index in [1.807, 2.05) is 25.3 Å². The lowest BCUT2D eigenvalue weighted by molar-refractivity contribution is -0.155. The summed E-state index contributed by atoms with van der Waals surface area (Å²) in [7, 11) is 1.70. The van der Waals surface area contributed by atoms with Crippen molar-refractivity contribution in [3.63, 3.8) is 0 Å². The molecule has 2 fully saturated rings. The highest BCUT2D eigenvalue weighted by molar-refractivity contribution is 7.10. The highest BCUT2D eigenvalue weighted by Crippen LogP contribution is 2.45. The molecule has 0 radical (unpaired) electrons. The van der Waals surface area contributed by atoms with Crippen molar-refractivity contribution in [2.45, 2.75) is 85.0 Å². The molecule has 1 saturated heterocycles. The Balaban J connectivity index is 1.34. The molecule has 1 aliphatic carbocycles. The average Bonchev–Trinajstić information content (AvgIpc) is 3.44. The van der Waals surface area contributed by atoms with Gasteiger partial charge in [-0.25, -0.2) is 10.4 Å². The van der Waals surface area contributed by atoms with Gasteiger partial charge in [-0.15, -0.1) is 11.3 Å². The Morgan fingerprint density at radius 1 is 1.26 bits per heavy atom. The smallest absolute Gasteiger partial charge is 0.324 e. The van der Waals surface area contributed by atoms with Crippen LogP contribution in [0.25, 0.3) is 33.4 Å². The number of cyclic esters (lactones) is 1. The fourth-order valence-electron chi connectivity index (χ4n) is 8.17. The van der Waals surface area contributed by atoms with Gasteiger partial charge < -0.3 is 25.1 Å². The zero-order chi connectivity index (χ0) is 37.6. The van der Waals surface area contributed by atoms with Gasteiger partial charge in [0.1, 0.15) is 12.1 Å². The lowest BCUT2D eigenvalue weighted by atomic mass is 9.84. The van der Waals surface area contributed by atoms with Gasteiger partial charge in [-0.1, -0.05) is 26.8 Å². The molecule has 0 spiro atoms. The Morgan fingerprint density at radius 2 is 2.08 bits per heavy atom. The molecule has 282 valence electrons. The van der Waals surface area contributed by atoms with E-state index in [1.54, 1.807) is 13.3 Å². The number of nitrogens with one attached hydrogen (secondary N) is 2. The number of carbonyl (C=O) groups is 3. The van der Waals surface area contributed by atoms with Crippen molar-refractivity contribution in [3.05, 3.63) is 58.2 Å². The number of fused-ring (bicyclic) bond motifs is 6. The number of amides is 2. The van der Waals surface area contributed by atoms with E-state index >= 15 is 0 Å². The number of methoxy groups -OCH3 is 1. The third-order valence-corrected chi connectivity index (χ3v) is 12.2. The predicted molar refractivity (Wildman–Crippen MR) is 205 cm³/mol. The standard InChI is InChI=1S/C40H51N7O5S/c1-7-46-32-13-12-24-16-26(32)27(36(46)25-10-8-14-42-35(25)23(3)51-6)18-40(4,5)21-52-39(50)29-11-9-15-47(45-29)38(49)30(17-33-43-31(24)20-53-33)44-37(48)34-22(2)28(34)19-41/h8,10,12-14,16,20,22-23,28-30,34,45H,7,9,11,15,17-19,21,41H2,1-6H3,(H,44,48)/t22-,23-,28+,29-,30-,34+/m0/s1. The zero-order valence-corrected chi connectivity index (χ0v) is 32.3. The molecule has 6 bridgehead atoms. The molecule has 2 aliphatic heterocycles. The molecule has 7 rings (SSSR count). The molecule has 1 aromatic carbocycles. The zero-order valence-electron chi connectivity index (χ0n) is 31.5. The minimum absolute atomic E-state index is 0.100. The lowest BCUT2D eigenvalue weighted by Crippen LogP contribution is -2.60. The third kappa shape index (κ3) is 7.24. The molecule has 6 atom stereocenters.